The highest BCUT2D eigenvalue weighted by Crippen LogP contribution is 2.24. The zero-order valence-electron chi connectivity index (χ0n) is 19.8. The number of rotatable bonds is 11. The summed E-state index contributed by atoms with van der Waals surface area (Å²) in [4.78, 5) is 0. The molecule has 0 saturated carbocycles. The standard InChI is InChI=1S/C13H28.C12H11F3N2O/c1-4-7-9-10-12-13(6-3)11-8-5-2;1-8-7-17(16-9(8)2)10-3-5-11(6-4-10)18-12(13,14)15/h13H,4-12H2,1-3H3;3-7H,1-2H3. The largest absolute Gasteiger partial charge is 0.573 e. The van der Waals surface area contributed by atoms with Crippen molar-refractivity contribution in [2.24, 2.45) is 5.92 Å². The van der Waals surface area contributed by atoms with Crippen molar-refractivity contribution in [2.45, 2.75) is 98.8 Å². The van der Waals surface area contributed by atoms with Crippen molar-refractivity contribution in [3.63, 3.8) is 0 Å². The molecule has 176 valence electrons. The Morgan fingerprint density at radius 3 is 2.00 bits per heavy atom. The van der Waals surface area contributed by atoms with Crippen LogP contribution in [0.15, 0.2) is 30.5 Å². The molecule has 1 atom stereocenters. The lowest BCUT2D eigenvalue weighted by Crippen LogP contribution is -2.17. The molecule has 0 saturated heterocycles. The van der Waals surface area contributed by atoms with Gasteiger partial charge >= 0.3 is 6.36 Å². The first-order valence-corrected chi connectivity index (χ1v) is 11.6. The number of nitrogens with zero attached hydrogens (tertiary/aromatic N) is 2. The maximum absolute atomic E-state index is 12.0. The van der Waals surface area contributed by atoms with Crippen LogP contribution in [0.4, 0.5) is 13.2 Å². The normalized spacial score (nSPS) is 12.3. The van der Waals surface area contributed by atoms with E-state index in [1.165, 1.54) is 82.1 Å². The molecule has 6 heteroatoms. The number of ether oxygens (including phenoxy) is 1. The van der Waals surface area contributed by atoms with E-state index in [0.717, 1.165) is 17.2 Å². The number of aromatic nitrogens is 2. The van der Waals surface area contributed by atoms with E-state index in [4.69, 9.17) is 0 Å². The summed E-state index contributed by atoms with van der Waals surface area (Å²) in [6.45, 7) is 10.7. The summed E-state index contributed by atoms with van der Waals surface area (Å²) in [5, 5.41) is 4.24. The van der Waals surface area contributed by atoms with Crippen LogP contribution >= 0.6 is 0 Å². The van der Waals surface area contributed by atoms with Gasteiger partial charge < -0.3 is 4.74 Å². The van der Waals surface area contributed by atoms with Crippen molar-refractivity contribution < 1.29 is 17.9 Å². The quantitative estimate of drug-likeness (QED) is 0.327. The SMILES string of the molecule is CCCCCCC(CC)CCCC.Cc1cn(-c2ccc(OC(F)(F)F)cc2)nc1C. The number of aryl methyl sites for hydroxylation is 2. The van der Waals surface area contributed by atoms with Gasteiger partial charge in [0.15, 0.2) is 0 Å². The minimum atomic E-state index is -4.67. The first kappa shape index (κ1) is 27.1. The fourth-order valence-corrected chi connectivity index (χ4v) is 3.38. The first-order valence-electron chi connectivity index (χ1n) is 11.6. The molecule has 1 heterocycles. The lowest BCUT2D eigenvalue weighted by atomic mass is 9.93. The lowest BCUT2D eigenvalue weighted by Gasteiger charge is -2.13. The molecule has 1 aromatic heterocycles. The maximum Gasteiger partial charge on any atom is 0.573 e. The maximum atomic E-state index is 12.0. The summed E-state index contributed by atoms with van der Waals surface area (Å²) >= 11 is 0. The molecule has 0 radical (unpaired) electrons. The predicted molar refractivity (Wildman–Crippen MR) is 122 cm³/mol. The van der Waals surface area contributed by atoms with E-state index >= 15 is 0 Å². The van der Waals surface area contributed by atoms with Gasteiger partial charge in [0, 0.05) is 6.20 Å². The molecule has 0 aliphatic heterocycles. The molecule has 0 aliphatic rings. The second kappa shape index (κ2) is 14.2. The summed E-state index contributed by atoms with van der Waals surface area (Å²) in [6, 6.07) is 5.56. The average molecular weight is 441 g/mol. The van der Waals surface area contributed by atoms with Crippen LogP contribution in [0.2, 0.25) is 0 Å². The highest BCUT2D eigenvalue weighted by molar-refractivity contribution is 5.37. The highest BCUT2D eigenvalue weighted by Gasteiger charge is 2.30. The number of alkyl halides is 3. The van der Waals surface area contributed by atoms with E-state index in [-0.39, 0.29) is 5.75 Å². The molecule has 0 fully saturated rings. The number of hydrogen-bond acceptors (Lipinski definition) is 2. The molecular formula is C25H39F3N2O. The van der Waals surface area contributed by atoms with Crippen molar-refractivity contribution in [1.29, 1.82) is 0 Å². The summed E-state index contributed by atoms with van der Waals surface area (Å²) in [6.07, 6.45) is 10.0. The molecule has 2 rings (SSSR count). The van der Waals surface area contributed by atoms with Gasteiger partial charge in [-0.2, -0.15) is 5.10 Å². The predicted octanol–water partition coefficient (Wildman–Crippen LogP) is 8.56. The second-order valence-electron chi connectivity index (χ2n) is 8.15. The van der Waals surface area contributed by atoms with E-state index in [2.05, 4.69) is 30.6 Å². The Labute approximate surface area is 186 Å². The Hall–Kier alpha value is -1.98. The summed E-state index contributed by atoms with van der Waals surface area (Å²) in [5.41, 5.74) is 2.58. The number of benzene rings is 1. The van der Waals surface area contributed by atoms with Gasteiger partial charge in [0.05, 0.1) is 11.4 Å². The molecule has 0 amide bonds. The Kier molecular flexibility index (Phi) is 12.4. The molecule has 1 aromatic carbocycles. The van der Waals surface area contributed by atoms with Crippen LogP contribution < -0.4 is 4.74 Å². The molecular weight excluding hydrogens is 401 g/mol. The minimum Gasteiger partial charge on any atom is -0.406 e. The molecule has 3 nitrogen and oxygen atoms in total. The number of unbranched alkanes of at least 4 members (excludes halogenated alkanes) is 4. The zero-order chi connectivity index (χ0) is 23.3. The highest BCUT2D eigenvalue weighted by atomic mass is 19.4. The molecule has 0 spiro atoms. The molecule has 31 heavy (non-hydrogen) atoms. The second-order valence-corrected chi connectivity index (χ2v) is 8.15. The first-order chi connectivity index (χ1) is 14.7. The Morgan fingerprint density at radius 1 is 0.903 bits per heavy atom. The Morgan fingerprint density at radius 2 is 1.52 bits per heavy atom. The van der Waals surface area contributed by atoms with Gasteiger partial charge in [-0.1, -0.05) is 78.6 Å². The minimum absolute atomic E-state index is 0.244. The van der Waals surface area contributed by atoms with E-state index in [1.54, 1.807) is 4.68 Å². The van der Waals surface area contributed by atoms with Gasteiger partial charge in [-0.25, -0.2) is 4.68 Å². The van der Waals surface area contributed by atoms with E-state index < -0.39 is 6.36 Å². The summed E-state index contributed by atoms with van der Waals surface area (Å²) < 4.78 is 41.3. The van der Waals surface area contributed by atoms with Gasteiger partial charge in [-0.05, 0) is 49.6 Å². The van der Waals surface area contributed by atoms with Crippen molar-refractivity contribution in [2.75, 3.05) is 0 Å². The molecule has 0 aliphatic carbocycles. The number of halogens is 3. The fourth-order valence-electron chi connectivity index (χ4n) is 3.38. The van der Waals surface area contributed by atoms with Crippen LogP contribution in [-0.2, 0) is 0 Å². The van der Waals surface area contributed by atoms with Gasteiger partial charge in [0.25, 0.3) is 0 Å². The number of hydrogen-bond donors (Lipinski definition) is 0. The topological polar surface area (TPSA) is 27.1 Å². The third kappa shape index (κ3) is 11.3. The van der Waals surface area contributed by atoms with Crippen molar-refractivity contribution >= 4 is 0 Å². The van der Waals surface area contributed by atoms with Gasteiger partial charge in [-0.15, -0.1) is 13.2 Å². The van der Waals surface area contributed by atoms with Crippen LogP contribution in [0.5, 0.6) is 5.75 Å². The zero-order valence-corrected chi connectivity index (χ0v) is 19.8. The molecule has 0 N–H and O–H groups in total. The van der Waals surface area contributed by atoms with Crippen LogP contribution in [-0.4, -0.2) is 16.1 Å². The van der Waals surface area contributed by atoms with E-state index in [9.17, 15) is 13.2 Å². The van der Waals surface area contributed by atoms with E-state index in [1.807, 2.05) is 20.0 Å². The summed E-state index contributed by atoms with van der Waals surface area (Å²) in [5.74, 6) is 0.781. The fraction of sp³-hybridized carbons (Fsp3) is 0.640. The van der Waals surface area contributed by atoms with Gasteiger partial charge in [-0.3, -0.25) is 0 Å². The van der Waals surface area contributed by atoms with Gasteiger partial charge in [0.1, 0.15) is 5.75 Å². The van der Waals surface area contributed by atoms with Crippen molar-refractivity contribution in [3.8, 4) is 11.4 Å². The van der Waals surface area contributed by atoms with Crippen LogP contribution in [0.1, 0.15) is 89.8 Å². The molecule has 1 unspecified atom stereocenters. The molecule has 0 bridgehead atoms. The third-order valence-corrected chi connectivity index (χ3v) is 5.49. The van der Waals surface area contributed by atoms with Gasteiger partial charge in [0.2, 0.25) is 0 Å². The van der Waals surface area contributed by atoms with Crippen molar-refractivity contribution in [1.82, 2.24) is 9.78 Å². The Balaban J connectivity index is 0.000000330. The lowest BCUT2D eigenvalue weighted by molar-refractivity contribution is -0.274. The van der Waals surface area contributed by atoms with E-state index in [0.29, 0.717) is 5.69 Å². The average Bonchev–Trinajstić information content (AvgIpc) is 3.06. The smallest absolute Gasteiger partial charge is 0.406 e. The van der Waals surface area contributed by atoms with Crippen molar-refractivity contribution in [3.05, 3.63) is 41.7 Å². The van der Waals surface area contributed by atoms with Crippen LogP contribution in [0.3, 0.4) is 0 Å². The summed E-state index contributed by atoms with van der Waals surface area (Å²) in [7, 11) is 0. The molecule has 2 aromatic rings. The Bertz CT molecular complexity index is 704. The van der Waals surface area contributed by atoms with Crippen LogP contribution in [0, 0.1) is 19.8 Å². The third-order valence-electron chi connectivity index (χ3n) is 5.49. The van der Waals surface area contributed by atoms with Crippen LogP contribution in [0.25, 0.3) is 5.69 Å². The monoisotopic (exact) mass is 440 g/mol.